The van der Waals surface area contributed by atoms with Crippen molar-refractivity contribution in [3.8, 4) is 0 Å². The Kier molecular flexibility index (Phi) is 7.28. The van der Waals surface area contributed by atoms with Crippen molar-refractivity contribution in [2.24, 2.45) is 11.1 Å². The van der Waals surface area contributed by atoms with E-state index in [1.807, 2.05) is 0 Å². The van der Waals surface area contributed by atoms with Crippen LogP contribution in [0.1, 0.15) is 25.7 Å². The lowest BCUT2D eigenvalue weighted by Gasteiger charge is -2.56. The number of hydrogen-bond acceptors (Lipinski definition) is 6. The number of piperidine rings is 1. The summed E-state index contributed by atoms with van der Waals surface area (Å²) in [6.45, 7) is 2.03. The molecule has 1 aliphatic carbocycles. The molecule has 1 saturated heterocycles. The number of likely N-dealkylation sites (tertiary alicyclic amines) is 1. The molecule has 0 aromatic rings. The Labute approximate surface area is 143 Å². The SMILES string of the molecule is CS(=O)(=O)CCC(=O)N1CCC2(CC1)[C@H](O)C[C@@H]2OCCN.Cl. The number of aliphatic hydroxyl groups is 1. The molecule has 2 fully saturated rings. The van der Waals surface area contributed by atoms with Gasteiger partial charge in [-0.05, 0) is 12.8 Å². The number of carbonyl (C=O) groups is 1. The molecule has 0 bridgehead atoms. The molecule has 3 N–H and O–H groups in total. The van der Waals surface area contributed by atoms with Crippen molar-refractivity contribution < 1.29 is 23.1 Å². The number of hydrogen-bond donors (Lipinski definition) is 2. The zero-order valence-corrected chi connectivity index (χ0v) is 15.1. The van der Waals surface area contributed by atoms with Crippen LogP contribution < -0.4 is 5.73 Å². The molecule has 2 atom stereocenters. The topological polar surface area (TPSA) is 110 Å². The van der Waals surface area contributed by atoms with Gasteiger partial charge in [0.1, 0.15) is 9.84 Å². The summed E-state index contributed by atoms with van der Waals surface area (Å²) in [7, 11) is -3.12. The summed E-state index contributed by atoms with van der Waals surface area (Å²) in [6, 6.07) is 0. The van der Waals surface area contributed by atoms with Gasteiger partial charge in [-0.2, -0.15) is 0 Å². The summed E-state index contributed by atoms with van der Waals surface area (Å²) in [4.78, 5) is 13.7. The maximum atomic E-state index is 12.0. The molecule has 1 amide bonds. The lowest BCUT2D eigenvalue weighted by molar-refractivity contribution is -0.210. The van der Waals surface area contributed by atoms with Gasteiger partial charge < -0.3 is 20.5 Å². The summed E-state index contributed by atoms with van der Waals surface area (Å²) in [6.07, 6.45) is 2.80. The van der Waals surface area contributed by atoms with Gasteiger partial charge in [-0.15, -0.1) is 12.4 Å². The minimum absolute atomic E-state index is 0. The molecule has 2 aliphatic rings. The zero-order chi connectivity index (χ0) is 16.4. The molecule has 23 heavy (non-hydrogen) atoms. The van der Waals surface area contributed by atoms with Gasteiger partial charge in [0.25, 0.3) is 0 Å². The second-order valence-electron chi connectivity index (χ2n) is 6.39. The maximum absolute atomic E-state index is 12.0. The van der Waals surface area contributed by atoms with E-state index in [9.17, 15) is 18.3 Å². The number of amides is 1. The molecule has 9 heteroatoms. The molecule has 1 spiro atoms. The number of halogens is 1. The highest BCUT2D eigenvalue weighted by Gasteiger charge is 2.56. The van der Waals surface area contributed by atoms with E-state index in [1.54, 1.807) is 4.90 Å². The Morgan fingerprint density at radius 3 is 2.48 bits per heavy atom. The first-order valence-corrected chi connectivity index (χ1v) is 9.80. The van der Waals surface area contributed by atoms with E-state index in [1.165, 1.54) is 0 Å². The quantitative estimate of drug-likeness (QED) is 0.656. The number of carbonyl (C=O) groups excluding carboxylic acids is 1. The highest BCUT2D eigenvalue weighted by Crippen LogP contribution is 2.50. The third-order valence-electron chi connectivity index (χ3n) is 4.91. The molecule has 136 valence electrons. The standard InChI is InChI=1S/C14H26N2O5S.ClH/c1-22(19,20)9-2-13(18)16-6-3-14(4-7-16)11(17)10-12(14)21-8-5-15;/h11-12,17H,2-10,15H2,1H3;1H/t11-,12+;/m1./s1. The molecule has 2 rings (SSSR count). The first-order valence-electron chi connectivity index (χ1n) is 7.74. The Balaban J connectivity index is 0.00000264. The fourth-order valence-electron chi connectivity index (χ4n) is 3.43. The average molecular weight is 371 g/mol. The second kappa shape index (κ2) is 8.11. The maximum Gasteiger partial charge on any atom is 0.223 e. The van der Waals surface area contributed by atoms with Crippen LogP contribution in [0.3, 0.4) is 0 Å². The van der Waals surface area contributed by atoms with Gasteiger partial charge in [-0.1, -0.05) is 0 Å². The van der Waals surface area contributed by atoms with Crippen LogP contribution in [0.25, 0.3) is 0 Å². The van der Waals surface area contributed by atoms with E-state index < -0.39 is 9.84 Å². The van der Waals surface area contributed by atoms with Gasteiger partial charge >= 0.3 is 0 Å². The summed E-state index contributed by atoms with van der Waals surface area (Å²) in [5.41, 5.74) is 5.19. The molecule has 1 heterocycles. The Hall–Kier alpha value is -0.410. The average Bonchev–Trinajstić information content (AvgIpc) is 2.48. The van der Waals surface area contributed by atoms with Crippen LogP contribution in [0, 0.1) is 5.41 Å². The number of sulfone groups is 1. The Morgan fingerprint density at radius 2 is 2.00 bits per heavy atom. The molecule has 1 saturated carbocycles. The van der Waals surface area contributed by atoms with Gasteiger partial charge in [0.2, 0.25) is 5.91 Å². The molecule has 0 aromatic heterocycles. The highest BCUT2D eigenvalue weighted by molar-refractivity contribution is 7.90. The molecule has 0 unspecified atom stereocenters. The van der Waals surface area contributed by atoms with Crippen molar-refractivity contribution in [1.82, 2.24) is 4.90 Å². The highest BCUT2D eigenvalue weighted by atomic mass is 35.5. The van der Waals surface area contributed by atoms with Crippen molar-refractivity contribution >= 4 is 28.2 Å². The fraction of sp³-hybridized carbons (Fsp3) is 0.929. The normalized spacial score (nSPS) is 26.5. The van der Waals surface area contributed by atoms with Crippen LogP contribution in [-0.2, 0) is 19.4 Å². The molecule has 0 aromatic carbocycles. The number of aliphatic hydroxyl groups excluding tert-OH is 1. The minimum atomic E-state index is -3.12. The number of nitrogens with two attached hydrogens (primary N) is 1. The Bertz CT molecular complexity index is 505. The first-order chi connectivity index (χ1) is 10.3. The number of rotatable bonds is 6. The van der Waals surface area contributed by atoms with Gasteiger partial charge in [-0.25, -0.2) is 8.42 Å². The number of nitrogens with zero attached hydrogens (tertiary/aromatic N) is 1. The molecular weight excluding hydrogens is 344 g/mol. The molecule has 1 aliphatic heterocycles. The fourth-order valence-corrected chi connectivity index (χ4v) is 3.97. The summed E-state index contributed by atoms with van der Waals surface area (Å²) in [5, 5.41) is 10.1. The molecular formula is C14H27ClN2O5S. The van der Waals surface area contributed by atoms with E-state index in [-0.39, 0.29) is 48.1 Å². The van der Waals surface area contributed by atoms with E-state index in [2.05, 4.69) is 0 Å². The van der Waals surface area contributed by atoms with Gasteiger partial charge in [0, 0.05) is 44.1 Å². The van der Waals surface area contributed by atoms with Crippen LogP contribution in [0.2, 0.25) is 0 Å². The lowest BCUT2D eigenvalue weighted by Crippen LogP contribution is -2.63. The smallest absolute Gasteiger partial charge is 0.223 e. The van der Waals surface area contributed by atoms with Gasteiger partial charge in [0.05, 0.1) is 24.6 Å². The summed E-state index contributed by atoms with van der Waals surface area (Å²) >= 11 is 0. The summed E-state index contributed by atoms with van der Waals surface area (Å²) < 4.78 is 28.0. The van der Waals surface area contributed by atoms with Crippen molar-refractivity contribution in [3.63, 3.8) is 0 Å². The third-order valence-corrected chi connectivity index (χ3v) is 5.86. The van der Waals surface area contributed by atoms with E-state index in [0.29, 0.717) is 45.5 Å². The molecule has 7 nitrogen and oxygen atoms in total. The van der Waals surface area contributed by atoms with Gasteiger partial charge in [0.15, 0.2) is 0 Å². The van der Waals surface area contributed by atoms with Crippen molar-refractivity contribution in [2.75, 3.05) is 38.2 Å². The summed E-state index contributed by atoms with van der Waals surface area (Å²) in [5.74, 6) is -0.244. The van der Waals surface area contributed by atoms with Crippen molar-refractivity contribution in [2.45, 2.75) is 37.9 Å². The zero-order valence-electron chi connectivity index (χ0n) is 13.4. The second-order valence-corrected chi connectivity index (χ2v) is 8.65. The van der Waals surface area contributed by atoms with Crippen molar-refractivity contribution in [3.05, 3.63) is 0 Å². The minimum Gasteiger partial charge on any atom is -0.392 e. The van der Waals surface area contributed by atoms with E-state index in [4.69, 9.17) is 10.5 Å². The first kappa shape index (κ1) is 20.6. The van der Waals surface area contributed by atoms with Crippen molar-refractivity contribution in [1.29, 1.82) is 0 Å². The van der Waals surface area contributed by atoms with Crippen LogP contribution in [0.4, 0.5) is 0 Å². The predicted octanol–water partition coefficient (Wildman–Crippen LogP) is -0.440. The third kappa shape index (κ3) is 4.79. The lowest BCUT2D eigenvalue weighted by atomic mass is 9.58. The van der Waals surface area contributed by atoms with Gasteiger partial charge in [-0.3, -0.25) is 4.79 Å². The van der Waals surface area contributed by atoms with E-state index >= 15 is 0 Å². The van der Waals surface area contributed by atoms with Crippen LogP contribution in [0.15, 0.2) is 0 Å². The van der Waals surface area contributed by atoms with Crippen LogP contribution >= 0.6 is 12.4 Å². The van der Waals surface area contributed by atoms with Crippen LogP contribution in [0.5, 0.6) is 0 Å². The predicted molar refractivity (Wildman–Crippen MR) is 89.2 cm³/mol. The largest absolute Gasteiger partial charge is 0.392 e. The van der Waals surface area contributed by atoms with E-state index in [0.717, 1.165) is 6.26 Å². The van der Waals surface area contributed by atoms with Crippen LogP contribution in [-0.4, -0.2) is 74.8 Å². The molecule has 0 radical (unpaired) electrons. The number of ether oxygens (including phenoxy) is 1. The monoisotopic (exact) mass is 370 g/mol. The Morgan fingerprint density at radius 1 is 1.39 bits per heavy atom.